The number of ether oxygens (including phenoxy) is 2. The Hall–Kier alpha value is -3.26. The third-order valence-corrected chi connectivity index (χ3v) is 6.03. The summed E-state index contributed by atoms with van der Waals surface area (Å²) >= 11 is 2.27. The van der Waals surface area contributed by atoms with Crippen LogP contribution in [0.25, 0.3) is 10.8 Å². The minimum atomic E-state index is -0.945. The van der Waals surface area contributed by atoms with Crippen molar-refractivity contribution in [2.45, 2.75) is 20.1 Å². The van der Waals surface area contributed by atoms with E-state index in [-0.39, 0.29) is 5.56 Å². The molecule has 4 rings (SSSR count). The van der Waals surface area contributed by atoms with Gasteiger partial charge in [-0.15, -0.1) is 0 Å². The Labute approximate surface area is 206 Å². The summed E-state index contributed by atoms with van der Waals surface area (Å²) in [6, 6.07) is 25.3. The Morgan fingerprint density at radius 2 is 1.76 bits per heavy atom. The molecule has 0 saturated heterocycles. The molecule has 0 aliphatic rings. The van der Waals surface area contributed by atoms with Gasteiger partial charge < -0.3 is 19.9 Å². The number of carbonyl (C=O) groups is 1. The van der Waals surface area contributed by atoms with Crippen LogP contribution < -0.4 is 14.8 Å². The smallest absolute Gasteiger partial charge is 0.335 e. The van der Waals surface area contributed by atoms with E-state index in [2.05, 4.69) is 58.2 Å². The lowest BCUT2D eigenvalue weighted by atomic mass is 10.1. The second-order valence-electron chi connectivity index (χ2n) is 7.50. The lowest BCUT2D eigenvalue weighted by molar-refractivity contribution is 0.0697. The third kappa shape index (κ3) is 5.57. The van der Waals surface area contributed by atoms with Crippen molar-refractivity contribution >= 4 is 45.0 Å². The minimum Gasteiger partial charge on any atom is -0.490 e. The maximum absolute atomic E-state index is 11.2. The molecule has 0 spiro atoms. The SMILES string of the molecule is CCOc1cc(CNc2cccc(C(=O)O)c2)cc(I)c1OCc1cccc2ccccc12. The van der Waals surface area contributed by atoms with Crippen LogP contribution in [0.2, 0.25) is 0 Å². The molecule has 0 bridgehead atoms. The van der Waals surface area contributed by atoms with E-state index >= 15 is 0 Å². The number of carboxylic acids is 1. The number of carboxylic acid groups (broad SMARTS) is 1. The summed E-state index contributed by atoms with van der Waals surface area (Å²) in [7, 11) is 0. The minimum absolute atomic E-state index is 0.252. The highest BCUT2D eigenvalue weighted by Crippen LogP contribution is 2.35. The van der Waals surface area contributed by atoms with Crippen LogP contribution in [0.1, 0.15) is 28.4 Å². The van der Waals surface area contributed by atoms with Crippen LogP contribution in [-0.4, -0.2) is 17.7 Å². The van der Waals surface area contributed by atoms with Gasteiger partial charge in [-0.3, -0.25) is 0 Å². The van der Waals surface area contributed by atoms with Crippen molar-refractivity contribution in [2.24, 2.45) is 0 Å². The van der Waals surface area contributed by atoms with Crippen molar-refractivity contribution in [1.29, 1.82) is 0 Å². The molecular weight excluding hydrogens is 529 g/mol. The Morgan fingerprint density at radius 1 is 0.970 bits per heavy atom. The van der Waals surface area contributed by atoms with Crippen molar-refractivity contribution in [3.63, 3.8) is 0 Å². The van der Waals surface area contributed by atoms with Gasteiger partial charge in [0.05, 0.1) is 15.7 Å². The molecule has 4 aromatic rings. The van der Waals surface area contributed by atoms with E-state index in [1.165, 1.54) is 10.8 Å². The molecule has 0 atom stereocenters. The number of halogens is 1. The number of hydrogen-bond donors (Lipinski definition) is 2. The van der Waals surface area contributed by atoms with Crippen molar-refractivity contribution in [2.75, 3.05) is 11.9 Å². The van der Waals surface area contributed by atoms with E-state index in [9.17, 15) is 9.90 Å². The van der Waals surface area contributed by atoms with Gasteiger partial charge in [-0.1, -0.05) is 48.5 Å². The van der Waals surface area contributed by atoms with Crippen LogP contribution in [0.15, 0.2) is 78.9 Å². The molecule has 0 fully saturated rings. The van der Waals surface area contributed by atoms with E-state index in [1.807, 2.05) is 37.3 Å². The van der Waals surface area contributed by atoms with Gasteiger partial charge in [0, 0.05) is 12.2 Å². The van der Waals surface area contributed by atoms with Gasteiger partial charge in [-0.25, -0.2) is 4.79 Å². The Bertz CT molecular complexity index is 1280. The maximum atomic E-state index is 11.2. The van der Waals surface area contributed by atoms with E-state index in [1.54, 1.807) is 18.2 Å². The first-order valence-corrected chi connectivity index (χ1v) is 11.7. The molecule has 0 aromatic heterocycles. The molecule has 33 heavy (non-hydrogen) atoms. The van der Waals surface area contributed by atoms with E-state index in [4.69, 9.17) is 9.47 Å². The third-order valence-electron chi connectivity index (χ3n) is 5.23. The second-order valence-corrected chi connectivity index (χ2v) is 8.67. The van der Waals surface area contributed by atoms with Crippen LogP contribution in [-0.2, 0) is 13.2 Å². The number of aromatic carboxylic acids is 1. The Balaban J connectivity index is 1.53. The lowest BCUT2D eigenvalue weighted by Gasteiger charge is -2.17. The van der Waals surface area contributed by atoms with Crippen LogP contribution in [0.5, 0.6) is 11.5 Å². The fourth-order valence-corrected chi connectivity index (χ4v) is 4.48. The monoisotopic (exact) mass is 553 g/mol. The van der Waals surface area contributed by atoms with Crippen molar-refractivity contribution in [1.82, 2.24) is 0 Å². The molecule has 0 unspecified atom stereocenters. The molecule has 168 valence electrons. The molecule has 0 amide bonds. The van der Waals surface area contributed by atoms with Crippen molar-refractivity contribution in [3.05, 3.63) is 99.1 Å². The van der Waals surface area contributed by atoms with Gasteiger partial charge in [0.25, 0.3) is 0 Å². The van der Waals surface area contributed by atoms with Crippen molar-refractivity contribution in [3.8, 4) is 11.5 Å². The van der Waals surface area contributed by atoms with E-state index in [0.717, 1.165) is 26.1 Å². The molecule has 0 aliphatic heterocycles. The molecule has 0 radical (unpaired) electrons. The highest BCUT2D eigenvalue weighted by molar-refractivity contribution is 14.1. The number of rotatable bonds is 9. The quantitative estimate of drug-likeness (QED) is 0.225. The summed E-state index contributed by atoms with van der Waals surface area (Å²) in [4.78, 5) is 11.2. The lowest BCUT2D eigenvalue weighted by Crippen LogP contribution is -2.05. The fraction of sp³-hybridized carbons (Fsp3) is 0.148. The largest absolute Gasteiger partial charge is 0.490 e. The van der Waals surface area contributed by atoms with Gasteiger partial charge in [-0.2, -0.15) is 0 Å². The summed E-state index contributed by atoms with van der Waals surface area (Å²) in [6.45, 7) is 3.45. The number of nitrogens with one attached hydrogen (secondary N) is 1. The Kier molecular flexibility index (Phi) is 7.34. The second kappa shape index (κ2) is 10.6. The first-order chi connectivity index (χ1) is 16.0. The number of fused-ring (bicyclic) bond motifs is 1. The molecule has 0 heterocycles. The standard InChI is InChI=1S/C27H24INO4/c1-2-32-25-14-18(16-29-22-11-6-9-20(15-22)27(30)31)13-24(28)26(25)33-17-21-10-5-8-19-7-3-4-12-23(19)21/h3-15,29H,2,16-17H2,1H3,(H,30,31). The number of benzene rings is 4. The van der Waals surface area contributed by atoms with E-state index < -0.39 is 5.97 Å². The topological polar surface area (TPSA) is 67.8 Å². The Morgan fingerprint density at radius 3 is 2.58 bits per heavy atom. The summed E-state index contributed by atoms with van der Waals surface area (Å²) in [5.41, 5.74) is 3.14. The number of anilines is 1. The molecular formula is C27H24INO4. The van der Waals surface area contributed by atoms with Crippen molar-refractivity contribution < 1.29 is 19.4 Å². The molecule has 4 aromatic carbocycles. The highest BCUT2D eigenvalue weighted by atomic mass is 127. The zero-order valence-electron chi connectivity index (χ0n) is 18.2. The van der Waals surface area contributed by atoms with Gasteiger partial charge in [0.2, 0.25) is 0 Å². The predicted octanol–water partition coefficient (Wildman–Crippen LogP) is 6.73. The first kappa shape index (κ1) is 22.9. The molecule has 5 nitrogen and oxygen atoms in total. The maximum Gasteiger partial charge on any atom is 0.335 e. The van der Waals surface area contributed by atoms with E-state index in [0.29, 0.717) is 25.5 Å². The highest BCUT2D eigenvalue weighted by Gasteiger charge is 2.14. The summed E-state index contributed by atoms with van der Waals surface area (Å²) in [6.07, 6.45) is 0. The molecule has 0 saturated carbocycles. The fourth-order valence-electron chi connectivity index (χ4n) is 3.66. The van der Waals surface area contributed by atoms with Crippen LogP contribution in [0.3, 0.4) is 0 Å². The van der Waals surface area contributed by atoms with Gasteiger partial charge >= 0.3 is 5.97 Å². The normalized spacial score (nSPS) is 10.7. The zero-order chi connectivity index (χ0) is 23.2. The average Bonchev–Trinajstić information content (AvgIpc) is 2.82. The molecule has 6 heteroatoms. The zero-order valence-corrected chi connectivity index (χ0v) is 20.3. The van der Waals surface area contributed by atoms with Crippen LogP contribution in [0, 0.1) is 3.57 Å². The number of hydrogen-bond acceptors (Lipinski definition) is 4. The first-order valence-electron chi connectivity index (χ1n) is 10.7. The summed E-state index contributed by atoms with van der Waals surface area (Å²) in [5.74, 6) is 0.474. The van der Waals surface area contributed by atoms with Crippen LogP contribution in [0.4, 0.5) is 5.69 Å². The molecule has 0 aliphatic carbocycles. The molecule has 2 N–H and O–H groups in total. The summed E-state index contributed by atoms with van der Waals surface area (Å²) < 4.78 is 13.1. The summed E-state index contributed by atoms with van der Waals surface area (Å²) in [5, 5.41) is 14.8. The van der Waals surface area contributed by atoms with Gasteiger partial charge in [0.1, 0.15) is 6.61 Å². The van der Waals surface area contributed by atoms with Gasteiger partial charge in [-0.05, 0) is 81.7 Å². The van der Waals surface area contributed by atoms with Crippen LogP contribution >= 0.6 is 22.6 Å². The van der Waals surface area contributed by atoms with Gasteiger partial charge in [0.15, 0.2) is 11.5 Å². The predicted molar refractivity (Wildman–Crippen MR) is 139 cm³/mol. The average molecular weight is 553 g/mol.